The van der Waals surface area contributed by atoms with E-state index in [1.54, 1.807) is 29.2 Å². The van der Waals surface area contributed by atoms with Gasteiger partial charge in [0.15, 0.2) is 0 Å². The molecule has 2 aliphatic heterocycles. The van der Waals surface area contributed by atoms with E-state index in [1.165, 1.54) is 19.4 Å². The van der Waals surface area contributed by atoms with Crippen molar-refractivity contribution in [2.24, 2.45) is 0 Å². The van der Waals surface area contributed by atoms with Crippen molar-refractivity contribution in [1.82, 2.24) is 15.3 Å². The number of halogens is 1. The maximum Gasteiger partial charge on any atom is 0.260 e. The molecule has 0 saturated carbocycles. The summed E-state index contributed by atoms with van der Waals surface area (Å²) in [6.45, 7) is 4.22. The summed E-state index contributed by atoms with van der Waals surface area (Å²) in [6.07, 6.45) is 2.52. The van der Waals surface area contributed by atoms with E-state index in [-0.39, 0.29) is 23.6 Å². The van der Waals surface area contributed by atoms with Crippen LogP contribution in [0.1, 0.15) is 29.3 Å². The van der Waals surface area contributed by atoms with Gasteiger partial charge in [0.25, 0.3) is 5.91 Å². The molecule has 0 spiro atoms. The van der Waals surface area contributed by atoms with Crippen molar-refractivity contribution in [3.05, 3.63) is 65.6 Å². The number of methoxy groups -OCH3 is 1. The second-order valence-electron chi connectivity index (χ2n) is 8.39. The minimum atomic E-state index is -0.445. The van der Waals surface area contributed by atoms with Crippen molar-refractivity contribution >= 4 is 17.5 Å². The summed E-state index contributed by atoms with van der Waals surface area (Å²) in [5, 5.41) is 6.84. The molecule has 7 nitrogen and oxygen atoms in total. The number of rotatable bonds is 5. The van der Waals surface area contributed by atoms with E-state index in [0.717, 1.165) is 19.5 Å². The van der Waals surface area contributed by atoms with Crippen LogP contribution in [0.2, 0.25) is 0 Å². The van der Waals surface area contributed by atoms with Crippen LogP contribution in [0.25, 0.3) is 11.3 Å². The maximum atomic E-state index is 14.7. The number of carbonyl (C=O) groups is 1. The van der Waals surface area contributed by atoms with Gasteiger partial charge in [-0.3, -0.25) is 14.7 Å². The predicted molar refractivity (Wildman–Crippen MR) is 120 cm³/mol. The van der Waals surface area contributed by atoms with Crippen LogP contribution in [0.4, 0.5) is 16.0 Å². The smallest absolute Gasteiger partial charge is 0.260 e. The van der Waals surface area contributed by atoms with Gasteiger partial charge in [0, 0.05) is 29.4 Å². The zero-order chi connectivity index (χ0) is 22.3. The SMILES string of the molecule is COc1cccc(F)c1-c1nccc2c1CN(c1cccc(NC3(C)CCNC3)n1)C2=O. The van der Waals surface area contributed by atoms with Crippen LogP contribution >= 0.6 is 0 Å². The second-order valence-corrected chi connectivity index (χ2v) is 8.39. The number of ether oxygens (including phenoxy) is 1. The van der Waals surface area contributed by atoms with Gasteiger partial charge in [-0.05, 0) is 50.2 Å². The number of amides is 1. The molecule has 8 heteroatoms. The lowest BCUT2D eigenvalue weighted by Gasteiger charge is -2.26. The van der Waals surface area contributed by atoms with Gasteiger partial charge in [-0.2, -0.15) is 0 Å². The molecule has 1 aromatic carbocycles. The van der Waals surface area contributed by atoms with E-state index in [4.69, 9.17) is 9.72 Å². The molecule has 1 atom stereocenters. The zero-order valence-electron chi connectivity index (χ0n) is 18.0. The first kappa shape index (κ1) is 20.4. The Morgan fingerprint density at radius 1 is 1.22 bits per heavy atom. The van der Waals surface area contributed by atoms with Crippen molar-refractivity contribution in [2.45, 2.75) is 25.4 Å². The number of hydrogen-bond donors (Lipinski definition) is 2. The maximum absolute atomic E-state index is 14.7. The molecule has 4 heterocycles. The molecule has 32 heavy (non-hydrogen) atoms. The highest BCUT2D eigenvalue weighted by Gasteiger charge is 2.34. The van der Waals surface area contributed by atoms with E-state index < -0.39 is 5.82 Å². The Morgan fingerprint density at radius 3 is 2.84 bits per heavy atom. The molecule has 3 aromatic rings. The molecule has 1 amide bonds. The van der Waals surface area contributed by atoms with Crippen molar-refractivity contribution in [1.29, 1.82) is 0 Å². The number of nitrogens with zero attached hydrogens (tertiary/aromatic N) is 3. The summed E-state index contributed by atoms with van der Waals surface area (Å²) in [7, 11) is 1.49. The molecule has 1 saturated heterocycles. The summed E-state index contributed by atoms with van der Waals surface area (Å²) in [6, 6.07) is 11.9. The number of hydrogen-bond acceptors (Lipinski definition) is 6. The Hall–Kier alpha value is -3.52. The van der Waals surface area contributed by atoms with E-state index in [9.17, 15) is 9.18 Å². The second kappa shape index (κ2) is 7.87. The molecule has 0 aliphatic carbocycles. The van der Waals surface area contributed by atoms with E-state index in [0.29, 0.717) is 34.2 Å². The summed E-state index contributed by atoms with van der Waals surface area (Å²) in [5.41, 5.74) is 1.74. The van der Waals surface area contributed by atoms with Gasteiger partial charge >= 0.3 is 0 Å². The predicted octanol–water partition coefficient (Wildman–Crippen LogP) is 3.62. The van der Waals surface area contributed by atoms with Gasteiger partial charge in [-0.25, -0.2) is 9.37 Å². The first-order valence-electron chi connectivity index (χ1n) is 10.6. The lowest BCUT2D eigenvalue weighted by atomic mass is 10.0. The van der Waals surface area contributed by atoms with Crippen LogP contribution in [-0.4, -0.2) is 41.6 Å². The van der Waals surface area contributed by atoms with Crippen LogP contribution in [0.15, 0.2) is 48.7 Å². The van der Waals surface area contributed by atoms with Gasteiger partial charge in [-0.15, -0.1) is 0 Å². The Morgan fingerprint density at radius 2 is 2.06 bits per heavy atom. The molecule has 5 rings (SSSR count). The first-order chi connectivity index (χ1) is 15.5. The van der Waals surface area contributed by atoms with E-state index in [2.05, 4.69) is 22.5 Å². The van der Waals surface area contributed by atoms with Crippen molar-refractivity contribution < 1.29 is 13.9 Å². The summed E-state index contributed by atoms with van der Waals surface area (Å²) in [4.78, 5) is 23.9. The van der Waals surface area contributed by atoms with Gasteiger partial charge in [-0.1, -0.05) is 12.1 Å². The molecule has 2 N–H and O–H groups in total. The quantitative estimate of drug-likeness (QED) is 0.640. The Labute approximate surface area is 185 Å². The number of fused-ring (bicyclic) bond motifs is 1. The molecule has 1 fully saturated rings. The van der Waals surface area contributed by atoms with Crippen LogP contribution < -0.4 is 20.3 Å². The molecule has 1 unspecified atom stereocenters. The highest BCUT2D eigenvalue weighted by atomic mass is 19.1. The van der Waals surface area contributed by atoms with Crippen molar-refractivity contribution in [3.8, 4) is 17.0 Å². The van der Waals surface area contributed by atoms with Gasteiger partial charge < -0.3 is 15.4 Å². The number of carbonyl (C=O) groups excluding carboxylic acids is 1. The van der Waals surface area contributed by atoms with Gasteiger partial charge in [0.2, 0.25) is 0 Å². The zero-order valence-corrected chi connectivity index (χ0v) is 18.0. The minimum absolute atomic E-state index is 0.0813. The van der Waals surface area contributed by atoms with Crippen LogP contribution in [-0.2, 0) is 6.54 Å². The average molecular weight is 433 g/mol. The summed E-state index contributed by atoms with van der Waals surface area (Å²) < 4.78 is 20.1. The lowest BCUT2D eigenvalue weighted by molar-refractivity contribution is 0.0996. The fraction of sp³-hybridized carbons (Fsp3) is 0.292. The summed E-state index contributed by atoms with van der Waals surface area (Å²) in [5.74, 6) is 1.000. The fourth-order valence-corrected chi connectivity index (χ4v) is 4.41. The third-order valence-corrected chi connectivity index (χ3v) is 6.09. The third-order valence-electron chi connectivity index (χ3n) is 6.09. The number of aromatic nitrogens is 2. The van der Waals surface area contributed by atoms with Crippen molar-refractivity contribution in [3.63, 3.8) is 0 Å². The normalized spacial score (nSPS) is 19.8. The molecule has 0 bridgehead atoms. The number of benzene rings is 1. The monoisotopic (exact) mass is 433 g/mol. The average Bonchev–Trinajstić information content (AvgIpc) is 3.37. The number of nitrogens with one attached hydrogen (secondary N) is 2. The van der Waals surface area contributed by atoms with Crippen LogP contribution in [0.5, 0.6) is 5.75 Å². The topological polar surface area (TPSA) is 79.4 Å². The highest BCUT2D eigenvalue weighted by Crippen LogP contribution is 2.38. The highest BCUT2D eigenvalue weighted by molar-refractivity contribution is 6.10. The first-order valence-corrected chi connectivity index (χ1v) is 10.6. The van der Waals surface area contributed by atoms with E-state index in [1.807, 2.05) is 12.1 Å². The number of pyridine rings is 2. The Kier molecular flexibility index (Phi) is 5.01. The fourth-order valence-electron chi connectivity index (χ4n) is 4.41. The molecule has 164 valence electrons. The van der Waals surface area contributed by atoms with Gasteiger partial charge in [0.1, 0.15) is 23.2 Å². The Balaban J connectivity index is 1.50. The minimum Gasteiger partial charge on any atom is -0.496 e. The van der Waals surface area contributed by atoms with E-state index >= 15 is 0 Å². The van der Waals surface area contributed by atoms with Crippen molar-refractivity contribution in [2.75, 3.05) is 30.4 Å². The molecular formula is C24H24FN5O2. The Bertz CT molecular complexity index is 1190. The van der Waals surface area contributed by atoms with Crippen LogP contribution in [0, 0.1) is 5.82 Å². The molecule has 2 aliphatic rings. The standard InChI is InChI=1S/C24H24FN5O2/c1-24(10-12-26-14-24)29-19-7-4-8-20(28-19)30-13-16-15(23(30)31)9-11-27-22(16)21-17(25)5-3-6-18(21)32-2/h3-9,11,26H,10,12-14H2,1-2H3,(H,28,29). The summed E-state index contributed by atoms with van der Waals surface area (Å²) >= 11 is 0. The third kappa shape index (κ3) is 3.46. The molecular weight excluding hydrogens is 409 g/mol. The molecule has 2 aromatic heterocycles. The number of anilines is 2. The van der Waals surface area contributed by atoms with Crippen LogP contribution in [0.3, 0.4) is 0 Å². The lowest BCUT2D eigenvalue weighted by Crippen LogP contribution is -2.37. The van der Waals surface area contributed by atoms with Gasteiger partial charge in [0.05, 0.1) is 24.9 Å². The molecule has 0 radical (unpaired) electrons. The largest absolute Gasteiger partial charge is 0.496 e.